The molecule has 19 heavy (non-hydrogen) atoms. The monoisotopic (exact) mass is 347 g/mol. The first-order valence-electron chi connectivity index (χ1n) is 5.95. The Labute approximate surface area is 125 Å². The van der Waals surface area contributed by atoms with Gasteiger partial charge in [0.05, 0.1) is 8.66 Å². The van der Waals surface area contributed by atoms with Crippen molar-refractivity contribution in [1.29, 1.82) is 0 Å². The Kier molecular flexibility index (Phi) is 5.55. The molecule has 0 bridgehead atoms. The van der Waals surface area contributed by atoms with Crippen molar-refractivity contribution in [2.75, 3.05) is 0 Å². The highest BCUT2D eigenvalue weighted by Crippen LogP contribution is 2.23. The zero-order chi connectivity index (χ0) is 14.6. The van der Waals surface area contributed by atoms with E-state index < -0.39 is 11.7 Å². The van der Waals surface area contributed by atoms with Gasteiger partial charge in [-0.2, -0.15) is 0 Å². The van der Waals surface area contributed by atoms with E-state index in [1.807, 2.05) is 6.07 Å². The van der Waals surface area contributed by atoms with Crippen molar-refractivity contribution in [1.82, 2.24) is 5.32 Å². The highest BCUT2D eigenvalue weighted by molar-refractivity contribution is 9.11. The molecule has 106 valence electrons. The number of nitrogens with one attached hydrogen (secondary N) is 1. The number of halogens is 1. The molecule has 0 aliphatic rings. The summed E-state index contributed by atoms with van der Waals surface area (Å²) in [7, 11) is 0. The third-order valence-corrected chi connectivity index (χ3v) is 3.77. The van der Waals surface area contributed by atoms with Gasteiger partial charge in [-0.05, 0) is 55.8 Å². The number of alkyl carbamates (subject to hydrolysis) is 1. The van der Waals surface area contributed by atoms with E-state index in [1.165, 1.54) is 11.3 Å². The quantitative estimate of drug-likeness (QED) is 0.837. The number of ether oxygens (including phenoxy) is 1. The van der Waals surface area contributed by atoms with Crippen LogP contribution in [0.5, 0.6) is 0 Å². The molecule has 0 saturated heterocycles. The molecule has 1 amide bonds. The first-order chi connectivity index (χ1) is 8.67. The van der Waals surface area contributed by atoms with Crippen molar-refractivity contribution in [3.05, 3.63) is 20.8 Å². The Hall–Kier alpha value is -0.880. The molecule has 0 aliphatic heterocycles. The molecule has 4 nitrogen and oxygen atoms in total. The van der Waals surface area contributed by atoms with Crippen LogP contribution >= 0.6 is 27.3 Å². The summed E-state index contributed by atoms with van der Waals surface area (Å²) in [5.74, 6) is 0.0132. The number of carbonyl (C=O) groups is 2. The summed E-state index contributed by atoms with van der Waals surface area (Å²) in [6, 6.07) is 3.35. The lowest BCUT2D eigenvalue weighted by molar-refractivity contribution is 0.0506. The molecular formula is C13H18BrNO3S. The average Bonchev–Trinajstić information content (AvgIpc) is 2.61. The van der Waals surface area contributed by atoms with E-state index in [4.69, 9.17) is 4.74 Å². The van der Waals surface area contributed by atoms with Gasteiger partial charge in [-0.3, -0.25) is 4.79 Å². The Morgan fingerprint density at radius 2 is 2.05 bits per heavy atom. The summed E-state index contributed by atoms with van der Waals surface area (Å²) in [6.07, 6.45) is -0.244. The Balaban J connectivity index is 2.45. The fourth-order valence-corrected chi connectivity index (χ4v) is 2.74. The summed E-state index contributed by atoms with van der Waals surface area (Å²) in [6.45, 7) is 7.17. The normalized spacial score (nSPS) is 12.9. The zero-order valence-corrected chi connectivity index (χ0v) is 13.9. The molecule has 1 heterocycles. The molecule has 0 aromatic carbocycles. The van der Waals surface area contributed by atoms with Crippen LogP contribution in [0.15, 0.2) is 15.9 Å². The first-order valence-corrected chi connectivity index (χ1v) is 7.56. The van der Waals surface area contributed by atoms with Gasteiger partial charge in [-0.1, -0.05) is 0 Å². The molecule has 0 fully saturated rings. The molecule has 1 unspecified atom stereocenters. The summed E-state index contributed by atoms with van der Waals surface area (Å²) < 4.78 is 6.05. The fourth-order valence-electron chi connectivity index (χ4n) is 1.40. The molecule has 1 aromatic rings. The molecule has 0 aliphatic carbocycles. The SMILES string of the molecule is CC(CC(=O)c1ccc(Br)s1)NC(=O)OC(C)(C)C. The van der Waals surface area contributed by atoms with Crippen molar-refractivity contribution in [3.8, 4) is 0 Å². The molecule has 0 spiro atoms. The maximum Gasteiger partial charge on any atom is 0.407 e. The molecule has 1 rings (SSSR count). The Bertz CT molecular complexity index is 465. The molecule has 1 atom stereocenters. The maximum absolute atomic E-state index is 11.9. The lowest BCUT2D eigenvalue weighted by Crippen LogP contribution is -2.38. The van der Waals surface area contributed by atoms with Crippen LogP contribution in [0.2, 0.25) is 0 Å². The predicted molar refractivity (Wildman–Crippen MR) is 79.8 cm³/mol. The third kappa shape index (κ3) is 6.20. The minimum atomic E-state index is -0.535. The topological polar surface area (TPSA) is 55.4 Å². The first kappa shape index (κ1) is 16.2. The van der Waals surface area contributed by atoms with E-state index in [2.05, 4.69) is 21.2 Å². The second-order valence-electron chi connectivity index (χ2n) is 5.28. The van der Waals surface area contributed by atoms with Crippen molar-refractivity contribution in [2.24, 2.45) is 0 Å². The van der Waals surface area contributed by atoms with Crippen molar-refractivity contribution < 1.29 is 14.3 Å². The lowest BCUT2D eigenvalue weighted by Gasteiger charge is -2.21. The lowest BCUT2D eigenvalue weighted by atomic mass is 10.1. The Morgan fingerprint density at radius 3 is 2.53 bits per heavy atom. The van der Waals surface area contributed by atoms with Crippen LogP contribution in [-0.2, 0) is 4.74 Å². The molecule has 1 aromatic heterocycles. The molecule has 6 heteroatoms. The predicted octanol–water partition coefficient (Wildman–Crippen LogP) is 4.00. The van der Waals surface area contributed by atoms with Gasteiger partial charge < -0.3 is 10.1 Å². The third-order valence-electron chi connectivity index (χ3n) is 2.10. The van der Waals surface area contributed by atoms with E-state index in [1.54, 1.807) is 33.8 Å². The zero-order valence-electron chi connectivity index (χ0n) is 11.5. The van der Waals surface area contributed by atoms with Crippen LogP contribution in [-0.4, -0.2) is 23.5 Å². The minimum absolute atomic E-state index is 0.0132. The average molecular weight is 348 g/mol. The maximum atomic E-state index is 11.9. The van der Waals surface area contributed by atoms with E-state index in [0.29, 0.717) is 4.88 Å². The van der Waals surface area contributed by atoms with Crippen molar-refractivity contribution in [2.45, 2.75) is 45.8 Å². The van der Waals surface area contributed by atoms with Crippen molar-refractivity contribution >= 4 is 39.1 Å². The van der Waals surface area contributed by atoms with Gasteiger partial charge in [0.15, 0.2) is 5.78 Å². The fraction of sp³-hybridized carbons (Fsp3) is 0.538. The standard InChI is InChI=1S/C13H18BrNO3S/c1-8(15-12(17)18-13(2,3)4)7-9(16)10-5-6-11(14)19-10/h5-6,8H,7H2,1-4H3,(H,15,17). The Morgan fingerprint density at radius 1 is 1.42 bits per heavy atom. The van der Waals surface area contributed by atoms with E-state index in [9.17, 15) is 9.59 Å². The van der Waals surface area contributed by atoms with Crippen LogP contribution in [0.1, 0.15) is 43.8 Å². The second-order valence-corrected chi connectivity index (χ2v) is 7.74. The van der Waals surface area contributed by atoms with E-state index in [0.717, 1.165) is 3.79 Å². The number of Topliss-reactive ketones (excluding diaryl/α,β-unsaturated/α-hetero) is 1. The number of rotatable bonds is 4. The summed E-state index contributed by atoms with van der Waals surface area (Å²) in [4.78, 5) is 24.2. The van der Waals surface area contributed by atoms with Crippen LogP contribution in [0.4, 0.5) is 4.79 Å². The van der Waals surface area contributed by atoms with E-state index in [-0.39, 0.29) is 18.2 Å². The van der Waals surface area contributed by atoms with Crippen molar-refractivity contribution in [3.63, 3.8) is 0 Å². The largest absolute Gasteiger partial charge is 0.444 e. The summed E-state index contributed by atoms with van der Waals surface area (Å²) in [5, 5.41) is 2.65. The molecule has 0 radical (unpaired) electrons. The second kappa shape index (κ2) is 6.52. The van der Waals surface area contributed by atoms with Gasteiger partial charge in [-0.25, -0.2) is 4.79 Å². The number of hydrogen-bond acceptors (Lipinski definition) is 4. The number of amides is 1. The van der Waals surface area contributed by atoms with Crippen LogP contribution in [0, 0.1) is 0 Å². The highest BCUT2D eigenvalue weighted by atomic mass is 79.9. The number of ketones is 1. The van der Waals surface area contributed by atoms with Gasteiger partial charge >= 0.3 is 6.09 Å². The van der Waals surface area contributed by atoms with Gasteiger partial charge in [0, 0.05) is 12.5 Å². The minimum Gasteiger partial charge on any atom is -0.444 e. The molecular weight excluding hydrogens is 330 g/mol. The molecule has 0 saturated carbocycles. The van der Waals surface area contributed by atoms with E-state index >= 15 is 0 Å². The number of hydrogen-bond donors (Lipinski definition) is 1. The van der Waals surface area contributed by atoms with Gasteiger partial charge in [-0.15, -0.1) is 11.3 Å². The van der Waals surface area contributed by atoms with Gasteiger partial charge in [0.2, 0.25) is 0 Å². The number of thiophene rings is 1. The number of carbonyl (C=O) groups excluding carboxylic acids is 2. The van der Waals surface area contributed by atoms with Gasteiger partial charge in [0.25, 0.3) is 0 Å². The van der Waals surface area contributed by atoms with Gasteiger partial charge in [0.1, 0.15) is 5.60 Å². The summed E-state index contributed by atoms with van der Waals surface area (Å²) >= 11 is 4.71. The van der Waals surface area contributed by atoms with Crippen LogP contribution in [0.3, 0.4) is 0 Å². The van der Waals surface area contributed by atoms with Crippen LogP contribution < -0.4 is 5.32 Å². The van der Waals surface area contributed by atoms with Crippen LogP contribution in [0.25, 0.3) is 0 Å². The summed E-state index contributed by atoms with van der Waals surface area (Å²) in [5.41, 5.74) is -0.535. The smallest absolute Gasteiger partial charge is 0.407 e. The molecule has 1 N–H and O–H groups in total. The highest BCUT2D eigenvalue weighted by Gasteiger charge is 2.19.